The summed E-state index contributed by atoms with van der Waals surface area (Å²) in [5, 5.41) is 21.7. The lowest BCUT2D eigenvalue weighted by Crippen LogP contribution is -2.43. The van der Waals surface area contributed by atoms with Crippen LogP contribution in [0.15, 0.2) is 0 Å². The van der Waals surface area contributed by atoms with Crippen molar-refractivity contribution < 1.29 is 0 Å². The van der Waals surface area contributed by atoms with Gasteiger partial charge in [0.15, 0.2) is 5.82 Å². The summed E-state index contributed by atoms with van der Waals surface area (Å²) in [6.07, 6.45) is 5.36. The standard InChI is InChI=1S/C16H25N5/c1-4-13-14(10-17)16(20-19-15(13)5-2)21(3)11-12-8-6-7-9-18-12/h12,18H,4-9,11H2,1-3H3. The maximum atomic E-state index is 9.55. The molecule has 0 aliphatic carbocycles. The average Bonchev–Trinajstić information content (AvgIpc) is 2.53. The van der Waals surface area contributed by atoms with E-state index in [0.717, 1.165) is 43.0 Å². The molecule has 1 N–H and O–H groups in total. The van der Waals surface area contributed by atoms with E-state index in [1.165, 1.54) is 19.3 Å². The predicted molar refractivity (Wildman–Crippen MR) is 84.4 cm³/mol. The van der Waals surface area contributed by atoms with E-state index in [1.54, 1.807) is 0 Å². The Bertz CT molecular complexity index is 514. The number of nitriles is 1. The third-order valence-electron chi connectivity index (χ3n) is 4.21. The van der Waals surface area contributed by atoms with Gasteiger partial charge in [0.2, 0.25) is 0 Å². The summed E-state index contributed by atoms with van der Waals surface area (Å²) in [5.74, 6) is 0.721. The topological polar surface area (TPSA) is 64.8 Å². The van der Waals surface area contributed by atoms with Crippen LogP contribution in [0.1, 0.15) is 49.9 Å². The van der Waals surface area contributed by atoms with Crippen LogP contribution in [0.4, 0.5) is 5.82 Å². The van der Waals surface area contributed by atoms with E-state index in [0.29, 0.717) is 11.6 Å². The van der Waals surface area contributed by atoms with Gasteiger partial charge in [0.25, 0.3) is 0 Å². The van der Waals surface area contributed by atoms with Crippen molar-refractivity contribution in [3.05, 3.63) is 16.8 Å². The van der Waals surface area contributed by atoms with Crippen molar-refractivity contribution in [2.75, 3.05) is 25.0 Å². The van der Waals surface area contributed by atoms with Gasteiger partial charge in [-0.2, -0.15) is 10.4 Å². The zero-order valence-electron chi connectivity index (χ0n) is 13.3. The predicted octanol–water partition coefficient (Wildman–Crippen LogP) is 2.05. The first-order chi connectivity index (χ1) is 10.2. The van der Waals surface area contributed by atoms with Crippen LogP contribution in [0.3, 0.4) is 0 Å². The summed E-state index contributed by atoms with van der Waals surface area (Å²) < 4.78 is 0. The molecular weight excluding hydrogens is 262 g/mol. The molecule has 2 heterocycles. The molecule has 1 aliphatic rings. The molecule has 1 aromatic heterocycles. The molecule has 1 aliphatic heterocycles. The number of aryl methyl sites for hydroxylation is 1. The number of anilines is 1. The number of hydrogen-bond acceptors (Lipinski definition) is 5. The second kappa shape index (κ2) is 7.37. The molecule has 1 atom stereocenters. The number of rotatable bonds is 5. The van der Waals surface area contributed by atoms with Crippen LogP contribution in [0.2, 0.25) is 0 Å². The van der Waals surface area contributed by atoms with E-state index >= 15 is 0 Å². The van der Waals surface area contributed by atoms with Crippen molar-refractivity contribution in [1.82, 2.24) is 15.5 Å². The fourth-order valence-corrected chi connectivity index (χ4v) is 3.04. The number of nitrogens with zero attached hydrogens (tertiary/aromatic N) is 4. The molecule has 0 radical (unpaired) electrons. The van der Waals surface area contributed by atoms with Crippen LogP contribution in [0.25, 0.3) is 0 Å². The minimum absolute atomic E-state index is 0.480. The number of piperidine rings is 1. The lowest BCUT2D eigenvalue weighted by molar-refractivity contribution is 0.402. The van der Waals surface area contributed by atoms with E-state index in [9.17, 15) is 5.26 Å². The lowest BCUT2D eigenvalue weighted by Gasteiger charge is -2.29. The van der Waals surface area contributed by atoms with Gasteiger partial charge in [-0.15, -0.1) is 5.10 Å². The van der Waals surface area contributed by atoms with Crippen molar-refractivity contribution in [1.29, 1.82) is 5.26 Å². The summed E-state index contributed by atoms with van der Waals surface area (Å²) in [5.41, 5.74) is 2.69. The molecular formula is C16H25N5. The molecule has 0 bridgehead atoms. The zero-order valence-corrected chi connectivity index (χ0v) is 13.3. The van der Waals surface area contributed by atoms with Crippen molar-refractivity contribution in [3.63, 3.8) is 0 Å². The van der Waals surface area contributed by atoms with Gasteiger partial charge in [-0.1, -0.05) is 20.3 Å². The molecule has 5 nitrogen and oxygen atoms in total. The van der Waals surface area contributed by atoms with E-state index in [4.69, 9.17) is 0 Å². The Hall–Kier alpha value is -1.67. The highest BCUT2D eigenvalue weighted by Crippen LogP contribution is 2.23. The van der Waals surface area contributed by atoms with Gasteiger partial charge >= 0.3 is 0 Å². The molecule has 0 spiro atoms. The molecule has 5 heteroatoms. The summed E-state index contributed by atoms with van der Waals surface area (Å²) in [6.45, 7) is 6.09. The minimum Gasteiger partial charge on any atom is -0.356 e. The number of hydrogen-bond donors (Lipinski definition) is 1. The van der Waals surface area contributed by atoms with E-state index < -0.39 is 0 Å². The molecule has 2 rings (SSSR count). The lowest BCUT2D eigenvalue weighted by atomic mass is 10.0. The van der Waals surface area contributed by atoms with Crippen LogP contribution in [-0.2, 0) is 12.8 Å². The Morgan fingerprint density at radius 1 is 1.29 bits per heavy atom. The molecule has 1 unspecified atom stereocenters. The van der Waals surface area contributed by atoms with Crippen molar-refractivity contribution in [2.24, 2.45) is 0 Å². The molecule has 114 valence electrons. The highest BCUT2D eigenvalue weighted by atomic mass is 15.3. The molecule has 1 aromatic rings. The number of aromatic nitrogens is 2. The summed E-state index contributed by atoms with van der Waals surface area (Å²) in [4.78, 5) is 2.08. The quantitative estimate of drug-likeness (QED) is 0.898. The number of nitrogens with one attached hydrogen (secondary N) is 1. The van der Waals surface area contributed by atoms with Crippen LogP contribution in [-0.4, -0.2) is 36.4 Å². The van der Waals surface area contributed by atoms with Crippen molar-refractivity contribution in [2.45, 2.75) is 52.0 Å². The third kappa shape index (κ3) is 3.51. The highest BCUT2D eigenvalue weighted by molar-refractivity contribution is 5.57. The molecule has 0 aromatic carbocycles. The summed E-state index contributed by atoms with van der Waals surface area (Å²) in [7, 11) is 2.01. The second-order valence-corrected chi connectivity index (χ2v) is 5.67. The Balaban J connectivity index is 2.23. The highest BCUT2D eigenvalue weighted by Gasteiger charge is 2.20. The number of likely N-dealkylation sites (N-methyl/N-ethyl adjacent to an activating group) is 1. The van der Waals surface area contributed by atoms with E-state index in [2.05, 4.69) is 40.3 Å². The van der Waals surface area contributed by atoms with Gasteiger partial charge < -0.3 is 10.2 Å². The monoisotopic (exact) mass is 287 g/mol. The summed E-state index contributed by atoms with van der Waals surface area (Å²) in [6, 6.07) is 2.82. The largest absolute Gasteiger partial charge is 0.356 e. The zero-order chi connectivity index (χ0) is 15.2. The van der Waals surface area contributed by atoms with Gasteiger partial charge in [-0.3, -0.25) is 0 Å². The maximum absolute atomic E-state index is 9.55. The van der Waals surface area contributed by atoms with Gasteiger partial charge in [0, 0.05) is 19.6 Å². The van der Waals surface area contributed by atoms with Crippen molar-refractivity contribution >= 4 is 5.82 Å². The average molecular weight is 287 g/mol. The molecule has 1 fully saturated rings. The van der Waals surface area contributed by atoms with Gasteiger partial charge in [0.05, 0.1) is 5.69 Å². The Labute approximate surface area is 127 Å². The van der Waals surface area contributed by atoms with Crippen molar-refractivity contribution in [3.8, 4) is 6.07 Å². The van der Waals surface area contributed by atoms with E-state index in [-0.39, 0.29) is 0 Å². The van der Waals surface area contributed by atoms with Gasteiger partial charge in [-0.25, -0.2) is 0 Å². The summed E-state index contributed by atoms with van der Waals surface area (Å²) >= 11 is 0. The van der Waals surface area contributed by atoms with Crippen LogP contribution in [0, 0.1) is 11.3 Å². The molecule has 0 saturated carbocycles. The van der Waals surface area contributed by atoms with Crippen LogP contribution in [0.5, 0.6) is 0 Å². The third-order valence-corrected chi connectivity index (χ3v) is 4.21. The van der Waals surface area contributed by atoms with Gasteiger partial charge in [0.1, 0.15) is 11.6 Å². The fraction of sp³-hybridized carbons (Fsp3) is 0.688. The molecule has 21 heavy (non-hydrogen) atoms. The smallest absolute Gasteiger partial charge is 0.169 e. The molecule has 1 saturated heterocycles. The van der Waals surface area contributed by atoms with E-state index in [1.807, 2.05) is 7.05 Å². The second-order valence-electron chi connectivity index (χ2n) is 5.67. The van der Waals surface area contributed by atoms with Crippen LogP contribution >= 0.6 is 0 Å². The Morgan fingerprint density at radius 3 is 2.67 bits per heavy atom. The first-order valence-corrected chi connectivity index (χ1v) is 7.94. The fourth-order valence-electron chi connectivity index (χ4n) is 3.04. The Kier molecular flexibility index (Phi) is 5.51. The minimum atomic E-state index is 0.480. The normalized spacial score (nSPS) is 18.3. The first kappa shape index (κ1) is 15.7. The Morgan fingerprint density at radius 2 is 2.10 bits per heavy atom. The SMILES string of the molecule is CCc1nnc(N(C)CC2CCCCN2)c(C#N)c1CC. The first-order valence-electron chi connectivity index (χ1n) is 7.94. The molecule has 0 amide bonds. The van der Waals surface area contributed by atoms with Gasteiger partial charge in [-0.05, 0) is 37.8 Å². The van der Waals surface area contributed by atoms with Crippen LogP contribution < -0.4 is 10.2 Å². The maximum Gasteiger partial charge on any atom is 0.169 e.